The molecule has 0 fully saturated rings. The molecule has 5 rings (SSSR count). The number of hydrogen-bond acceptors (Lipinski definition) is 5. The number of aromatic nitrogens is 2. The minimum Gasteiger partial charge on any atom is -0.491 e. The lowest BCUT2D eigenvalue weighted by Gasteiger charge is -2.33. The van der Waals surface area contributed by atoms with E-state index in [0.717, 1.165) is 19.4 Å². The topological polar surface area (TPSA) is 63.9 Å². The zero-order chi connectivity index (χ0) is 26.0. The van der Waals surface area contributed by atoms with E-state index in [2.05, 4.69) is 41.3 Å². The maximum atomic E-state index is 13.8. The molecule has 0 aliphatic heterocycles. The second-order valence-electron chi connectivity index (χ2n) is 10.1. The van der Waals surface area contributed by atoms with Gasteiger partial charge in [-0.3, -0.25) is 4.90 Å². The van der Waals surface area contributed by atoms with Gasteiger partial charge in [-0.25, -0.2) is 12.9 Å². The third-order valence-electron chi connectivity index (χ3n) is 7.25. The minimum atomic E-state index is -3.78. The Morgan fingerprint density at radius 2 is 1.81 bits per heavy atom. The summed E-state index contributed by atoms with van der Waals surface area (Å²) in [7, 11) is -1.59. The summed E-state index contributed by atoms with van der Waals surface area (Å²) in [4.78, 5) is 2.92. The molecule has 6 nitrogen and oxygen atoms in total. The number of pyridine rings is 1. The summed E-state index contributed by atoms with van der Waals surface area (Å²) in [5.41, 5.74) is 3.96. The van der Waals surface area contributed by atoms with Gasteiger partial charge in [0, 0.05) is 18.8 Å². The molecule has 1 aliphatic carbocycles. The molecule has 37 heavy (non-hydrogen) atoms. The van der Waals surface area contributed by atoms with Crippen LogP contribution in [0.4, 0.5) is 0 Å². The van der Waals surface area contributed by atoms with Crippen molar-refractivity contribution in [1.29, 1.82) is 0 Å². The van der Waals surface area contributed by atoms with Crippen LogP contribution in [-0.4, -0.2) is 43.1 Å². The quantitative estimate of drug-likeness (QED) is 0.252. The second kappa shape index (κ2) is 10.7. The highest BCUT2D eigenvalue weighted by Crippen LogP contribution is 2.37. The van der Waals surface area contributed by atoms with Gasteiger partial charge in [0.2, 0.25) is 9.84 Å². The van der Waals surface area contributed by atoms with Gasteiger partial charge in [0.1, 0.15) is 16.2 Å². The first-order valence-electron chi connectivity index (χ1n) is 13.1. The molecule has 0 spiro atoms. The van der Waals surface area contributed by atoms with E-state index in [9.17, 15) is 8.42 Å². The summed E-state index contributed by atoms with van der Waals surface area (Å²) >= 11 is 0. The van der Waals surface area contributed by atoms with Crippen LogP contribution in [0.3, 0.4) is 0 Å². The minimum absolute atomic E-state index is 0.0618. The number of benzene rings is 2. The van der Waals surface area contributed by atoms with Crippen LogP contribution in [0.1, 0.15) is 61.9 Å². The van der Waals surface area contributed by atoms with Gasteiger partial charge in [-0.05, 0) is 74.0 Å². The molecule has 1 unspecified atom stereocenters. The third-order valence-corrected chi connectivity index (χ3v) is 9.08. The number of rotatable bonds is 9. The van der Waals surface area contributed by atoms with E-state index < -0.39 is 9.84 Å². The Bertz CT molecular complexity index is 1480. The Morgan fingerprint density at radius 1 is 1.05 bits per heavy atom. The molecule has 0 amide bonds. The predicted octanol–water partition coefficient (Wildman–Crippen LogP) is 6.07. The number of sulfone groups is 1. The number of hydrogen-bond donors (Lipinski definition) is 0. The maximum Gasteiger partial charge on any atom is 0.210 e. The fraction of sp³-hybridized carbons (Fsp3) is 0.367. The van der Waals surface area contributed by atoms with Gasteiger partial charge in [0.15, 0.2) is 0 Å². The van der Waals surface area contributed by atoms with Crippen LogP contribution in [0.25, 0.3) is 5.52 Å². The SMILES string of the molecule is CC(C)c1nn2cccc(OCCCN(C)C3CCCc4ccccc43)c2c1S(=O)(=O)c1ccccc1. The normalized spacial score (nSPS) is 15.9. The van der Waals surface area contributed by atoms with Gasteiger partial charge in [-0.1, -0.05) is 56.3 Å². The van der Waals surface area contributed by atoms with E-state index in [4.69, 9.17) is 4.74 Å². The first-order valence-corrected chi connectivity index (χ1v) is 14.6. The summed E-state index contributed by atoms with van der Waals surface area (Å²) in [6, 6.07) is 21.4. The summed E-state index contributed by atoms with van der Waals surface area (Å²) in [6.45, 7) is 5.32. The molecule has 0 N–H and O–H groups in total. The molecule has 0 saturated carbocycles. The Morgan fingerprint density at radius 3 is 2.59 bits per heavy atom. The summed E-state index contributed by atoms with van der Waals surface area (Å²) in [6.07, 6.45) is 6.16. The molecule has 7 heteroatoms. The highest BCUT2D eigenvalue weighted by atomic mass is 32.2. The smallest absolute Gasteiger partial charge is 0.210 e. The molecule has 2 aromatic heterocycles. The van der Waals surface area contributed by atoms with Crippen LogP contribution in [0.15, 0.2) is 82.7 Å². The van der Waals surface area contributed by atoms with Crippen molar-refractivity contribution in [2.45, 2.75) is 61.3 Å². The van der Waals surface area contributed by atoms with Crippen LogP contribution in [0.2, 0.25) is 0 Å². The van der Waals surface area contributed by atoms with Crippen LogP contribution >= 0.6 is 0 Å². The van der Waals surface area contributed by atoms with E-state index in [0.29, 0.717) is 29.6 Å². The lowest BCUT2D eigenvalue weighted by molar-refractivity contribution is 0.199. The first kappa shape index (κ1) is 25.5. The fourth-order valence-electron chi connectivity index (χ4n) is 5.37. The molecule has 0 radical (unpaired) electrons. The number of fused-ring (bicyclic) bond motifs is 2. The lowest BCUT2D eigenvalue weighted by Crippen LogP contribution is -2.29. The summed E-state index contributed by atoms with van der Waals surface area (Å²) < 4.78 is 35.4. The second-order valence-corrected chi connectivity index (χ2v) is 12.0. The van der Waals surface area contributed by atoms with Crippen molar-refractivity contribution in [1.82, 2.24) is 14.5 Å². The van der Waals surface area contributed by atoms with Crippen molar-refractivity contribution in [2.24, 2.45) is 0 Å². The average Bonchev–Trinajstić information content (AvgIpc) is 3.33. The van der Waals surface area contributed by atoms with Crippen LogP contribution in [0, 0.1) is 0 Å². The fourth-order valence-corrected chi connectivity index (χ4v) is 7.13. The van der Waals surface area contributed by atoms with Crippen LogP contribution < -0.4 is 4.74 Å². The molecular formula is C30H35N3O3S. The highest BCUT2D eigenvalue weighted by molar-refractivity contribution is 7.91. The predicted molar refractivity (Wildman–Crippen MR) is 146 cm³/mol. The zero-order valence-electron chi connectivity index (χ0n) is 21.8. The molecule has 194 valence electrons. The number of nitrogens with zero attached hydrogens (tertiary/aromatic N) is 3. The van der Waals surface area contributed by atoms with Crippen LogP contribution in [-0.2, 0) is 16.3 Å². The molecule has 4 aromatic rings. The maximum absolute atomic E-state index is 13.8. The van der Waals surface area contributed by atoms with E-state index in [-0.39, 0.29) is 15.7 Å². The third kappa shape index (κ3) is 5.03. The molecule has 1 aliphatic rings. The summed E-state index contributed by atoms with van der Waals surface area (Å²) in [5.74, 6) is 0.482. The first-order chi connectivity index (χ1) is 17.9. The Labute approximate surface area is 219 Å². The number of aryl methyl sites for hydroxylation is 1. The largest absolute Gasteiger partial charge is 0.491 e. The average molecular weight is 518 g/mol. The number of ether oxygens (including phenoxy) is 1. The zero-order valence-corrected chi connectivity index (χ0v) is 22.6. The van der Waals surface area contributed by atoms with E-state index in [1.165, 1.54) is 24.0 Å². The monoisotopic (exact) mass is 517 g/mol. The molecule has 1 atom stereocenters. The van der Waals surface area contributed by atoms with E-state index >= 15 is 0 Å². The van der Waals surface area contributed by atoms with Gasteiger partial charge in [-0.15, -0.1) is 0 Å². The van der Waals surface area contributed by atoms with Crippen molar-refractivity contribution in [2.75, 3.05) is 20.2 Å². The highest BCUT2D eigenvalue weighted by Gasteiger charge is 2.30. The van der Waals surface area contributed by atoms with Crippen LogP contribution in [0.5, 0.6) is 5.75 Å². The van der Waals surface area contributed by atoms with E-state index in [1.54, 1.807) is 35.0 Å². The molecule has 2 heterocycles. The standard InChI is InChI=1S/C30H35N3O3S/c1-22(2)28-30(37(34,35)24-14-5-4-6-15-24)29-27(18-10-20-33(29)31-28)36-21-11-19-32(3)26-17-9-13-23-12-7-8-16-25(23)26/h4-8,10,12,14-16,18,20,22,26H,9,11,13,17,19,21H2,1-3H3. The Hall–Kier alpha value is -3.16. The van der Waals surface area contributed by atoms with Crippen molar-refractivity contribution < 1.29 is 13.2 Å². The summed E-state index contributed by atoms with van der Waals surface area (Å²) in [5, 5.41) is 4.65. The van der Waals surface area contributed by atoms with Crippen molar-refractivity contribution >= 4 is 15.4 Å². The Kier molecular flexibility index (Phi) is 7.36. The molecule has 2 aromatic carbocycles. The lowest BCUT2D eigenvalue weighted by atomic mass is 9.87. The van der Waals surface area contributed by atoms with Crippen molar-refractivity contribution in [3.63, 3.8) is 0 Å². The molecule has 0 bridgehead atoms. The van der Waals surface area contributed by atoms with Gasteiger partial charge >= 0.3 is 0 Å². The van der Waals surface area contributed by atoms with Gasteiger partial charge in [0.25, 0.3) is 0 Å². The van der Waals surface area contributed by atoms with Gasteiger partial charge < -0.3 is 4.74 Å². The van der Waals surface area contributed by atoms with Crippen molar-refractivity contribution in [3.05, 3.63) is 89.7 Å². The van der Waals surface area contributed by atoms with Gasteiger partial charge in [-0.2, -0.15) is 5.10 Å². The van der Waals surface area contributed by atoms with Gasteiger partial charge in [0.05, 0.1) is 17.2 Å². The molecule has 0 saturated heterocycles. The van der Waals surface area contributed by atoms with Crippen molar-refractivity contribution in [3.8, 4) is 5.75 Å². The van der Waals surface area contributed by atoms with E-state index in [1.807, 2.05) is 32.0 Å². The Balaban J connectivity index is 1.37. The molecular weight excluding hydrogens is 482 g/mol.